The highest BCUT2D eigenvalue weighted by atomic mass is 32.2. The summed E-state index contributed by atoms with van der Waals surface area (Å²) in [6.45, 7) is 6.57. The summed E-state index contributed by atoms with van der Waals surface area (Å²) in [5, 5.41) is 13.2. The number of amides is 3. The molecule has 4 aliphatic heterocycles. The van der Waals surface area contributed by atoms with Crippen LogP contribution in [0.3, 0.4) is 0 Å². The molecule has 4 heterocycles. The van der Waals surface area contributed by atoms with Gasteiger partial charge in [-0.15, -0.1) is 0 Å². The highest BCUT2D eigenvalue weighted by Crippen LogP contribution is 2.48. The third-order valence-electron chi connectivity index (χ3n) is 6.45. The molecule has 3 amide bonds. The topological polar surface area (TPSA) is 94.7 Å². The van der Waals surface area contributed by atoms with Gasteiger partial charge >= 0.3 is 6.03 Å². The molecule has 4 aliphatic rings. The van der Waals surface area contributed by atoms with Gasteiger partial charge in [-0.1, -0.05) is 17.8 Å². The van der Waals surface area contributed by atoms with E-state index in [0.29, 0.717) is 4.91 Å². The summed E-state index contributed by atoms with van der Waals surface area (Å²) < 4.78 is 5.85. The molecular formula is C23H31N5O3S. The van der Waals surface area contributed by atoms with Crippen LogP contribution in [0.1, 0.15) is 33.1 Å². The van der Waals surface area contributed by atoms with Gasteiger partial charge in [-0.05, 0) is 58.3 Å². The summed E-state index contributed by atoms with van der Waals surface area (Å²) in [6.07, 6.45) is 2.93. The number of hydrogen-bond acceptors (Lipinski definition) is 6. The zero-order chi connectivity index (χ0) is 22.2. The molecule has 0 aromatic heterocycles. The number of hydrogen-bond donors (Lipinski definition) is 4. The first-order valence-corrected chi connectivity index (χ1v) is 12.4. The Morgan fingerprint density at radius 2 is 2.16 bits per heavy atom. The molecule has 0 bridgehead atoms. The van der Waals surface area contributed by atoms with E-state index >= 15 is 0 Å². The van der Waals surface area contributed by atoms with E-state index < -0.39 is 0 Å². The molecule has 9 heteroatoms. The predicted molar refractivity (Wildman–Crippen MR) is 126 cm³/mol. The van der Waals surface area contributed by atoms with Crippen molar-refractivity contribution in [2.75, 3.05) is 24.5 Å². The third kappa shape index (κ3) is 4.09. The first-order valence-electron chi connectivity index (χ1n) is 11.5. The first kappa shape index (κ1) is 21.6. The zero-order valence-electron chi connectivity index (χ0n) is 18.5. The molecule has 32 heavy (non-hydrogen) atoms. The molecule has 1 aromatic rings. The molecule has 4 atom stereocenters. The van der Waals surface area contributed by atoms with Gasteiger partial charge in [0, 0.05) is 36.0 Å². The van der Waals surface area contributed by atoms with Crippen LogP contribution in [0.25, 0.3) is 0 Å². The number of thioether (sulfide) groups is 1. The lowest BCUT2D eigenvalue weighted by Crippen LogP contribution is -2.62. The summed E-state index contributed by atoms with van der Waals surface area (Å²) in [6, 6.07) is 7.65. The van der Waals surface area contributed by atoms with E-state index in [-0.39, 0.29) is 41.4 Å². The van der Waals surface area contributed by atoms with Crippen LogP contribution >= 0.6 is 11.8 Å². The van der Waals surface area contributed by atoms with Gasteiger partial charge in [0.05, 0.1) is 22.4 Å². The Hall–Kier alpha value is -2.23. The molecule has 0 saturated carbocycles. The number of carbonyl (C=O) groups excluding carboxylic acids is 2. The maximum atomic E-state index is 13.3. The summed E-state index contributed by atoms with van der Waals surface area (Å²) in [4.78, 5) is 28.9. The molecule has 8 nitrogen and oxygen atoms in total. The Labute approximate surface area is 192 Å². The molecule has 1 aromatic carbocycles. The second-order valence-electron chi connectivity index (χ2n) is 9.10. The van der Waals surface area contributed by atoms with Crippen LogP contribution in [0.2, 0.25) is 0 Å². The monoisotopic (exact) mass is 457 g/mol. The predicted octanol–water partition coefficient (Wildman–Crippen LogP) is 2.13. The average molecular weight is 458 g/mol. The minimum Gasteiger partial charge on any atom is -0.491 e. The molecule has 3 saturated heterocycles. The number of nitrogens with zero attached hydrogens (tertiary/aromatic N) is 1. The summed E-state index contributed by atoms with van der Waals surface area (Å²) in [5.41, 5.74) is 1.59. The average Bonchev–Trinajstić information content (AvgIpc) is 3.14. The Balaban J connectivity index is 1.41. The van der Waals surface area contributed by atoms with E-state index in [1.54, 1.807) is 11.8 Å². The number of anilines is 1. The lowest BCUT2D eigenvalue weighted by Gasteiger charge is -2.45. The van der Waals surface area contributed by atoms with Crippen molar-refractivity contribution in [2.24, 2.45) is 5.92 Å². The highest BCUT2D eigenvalue weighted by molar-refractivity contribution is 8.04. The number of nitrogens with one attached hydrogen (secondary N) is 4. The number of benzene rings is 1. The van der Waals surface area contributed by atoms with Crippen molar-refractivity contribution in [2.45, 2.75) is 56.7 Å². The van der Waals surface area contributed by atoms with Gasteiger partial charge in [-0.3, -0.25) is 9.69 Å². The quantitative estimate of drug-likeness (QED) is 0.541. The van der Waals surface area contributed by atoms with Crippen molar-refractivity contribution >= 4 is 29.4 Å². The second kappa shape index (κ2) is 8.96. The molecule has 3 unspecified atom stereocenters. The molecule has 0 spiro atoms. The number of carbonyl (C=O) groups is 2. The van der Waals surface area contributed by atoms with Crippen LogP contribution in [0.4, 0.5) is 10.5 Å². The van der Waals surface area contributed by atoms with Gasteiger partial charge in [0.2, 0.25) is 0 Å². The summed E-state index contributed by atoms with van der Waals surface area (Å²) in [7, 11) is 0. The van der Waals surface area contributed by atoms with Crippen molar-refractivity contribution in [3.05, 3.63) is 34.9 Å². The van der Waals surface area contributed by atoms with Crippen molar-refractivity contribution in [3.63, 3.8) is 0 Å². The lowest BCUT2D eigenvalue weighted by molar-refractivity contribution is -0.117. The second-order valence-corrected chi connectivity index (χ2v) is 10.2. The maximum absolute atomic E-state index is 13.3. The normalized spacial score (nSPS) is 29.6. The number of urea groups is 1. The number of ether oxygens (including phenoxy) is 1. The van der Waals surface area contributed by atoms with E-state index in [2.05, 4.69) is 21.3 Å². The fourth-order valence-electron chi connectivity index (χ4n) is 5.13. The largest absolute Gasteiger partial charge is 0.491 e. The molecule has 5 rings (SSSR count). The van der Waals surface area contributed by atoms with E-state index in [0.717, 1.165) is 56.0 Å². The van der Waals surface area contributed by atoms with Crippen molar-refractivity contribution in [1.29, 1.82) is 0 Å². The van der Waals surface area contributed by atoms with E-state index in [9.17, 15) is 9.59 Å². The summed E-state index contributed by atoms with van der Waals surface area (Å²) >= 11 is 1.55. The first-order chi connectivity index (χ1) is 15.5. The standard InChI is InChI=1S/C23H31N5O3S/c1-13(2)31-16-7-3-6-15(11-16)28-17-8-10-25-22-18(17)19(27-23(28)30)20(32-22)21(29)26-14-5-4-9-24-12-14/h3,6-7,11,13-14,17-18,22,24-25H,4-5,8-10,12H2,1-2H3,(H,26,29)(H,27,30)/t14-,17?,18?,22?/m1/s1. The molecule has 172 valence electrons. The van der Waals surface area contributed by atoms with Crippen molar-refractivity contribution in [1.82, 2.24) is 21.3 Å². The molecule has 0 aliphatic carbocycles. The SMILES string of the molecule is CC(C)Oc1cccc(N2C(=O)NC3=C(C(=O)N[C@@H]4CCCNC4)SC4NCCC2C34)c1. The van der Waals surface area contributed by atoms with E-state index in [1.165, 1.54) is 0 Å². The van der Waals surface area contributed by atoms with Crippen molar-refractivity contribution in [3.8, 4) is 5.75 Å². The number of piperidine rings is 2. The Kier molecular flexibility index (Phi) is 6.05. The minimum absolute atomic E-state index is 0.00607. The van der Waals surface area contributed by atoms with E-state index in [1.807, 2.05) is 43.0 Å². The number of rotatable bonds is 5. The fourth-order valence-corrected chi connectivity index (χ4v) is 6.53. The van der Waals surface area contributed by atoms with Crippen molar-refractivity contribution < 1.29 is 14.3 Å². The molecule has 3 fully saturated rings. The van der Waals surface area contributed by atoms with Gasteiger partial charge < -0.3 is 26.0 Å². The molecule has 0 radical (unpaired) electrons. The zero-order valence-corrected chi connectivity index (χ0v) is 19.3. The smallest absolute Gasteiger partial charge is 0.326 e. The third-order valence-corrected chi connectivity index (χ3v) is 7.80. The van der Waals surface area contributed by atoms with Gasteiger partial charge in [-0.25, -0.2) is 4.79 Å². The van der Waals surface area contributed by atoms with Gasteiger partial charge in [-0.2, -0.15) is 0 Å². The lowest BCUT2D eigenvalue weighted by atomic mass is 9.86. The Morgan fingerprint density at radius 3 is 2.94 bits per heavy atom. The Bertz CT molecular complexity index is 930. The van der Waals surface area contributed by atoms with Crippen LogP contribution < -0.4 is 30.9 Å². The van der Waals surface area contributed by atoms with Crippen LogP contribution in [-0.2, 0) is 4.79 Å². The summed E-state index contributed by atoms with van der Waals surface area (Å²) in [5.74, 6) is 0.722. The Morgan fingerprint density at radius 1 is 1.28 bits per heavy atom. The maximum Gasteiger partial charge on any atom is 0.326 e. The van der Waals surface area contributed by atoms with Crippen LogP contribution in [-0.4, -0.2) is 55.1 Å². The minimum atomic E-state index is -0.185. The van der Waals surface area contributed by atoms with Gasteiger partial charge in [0.15, 0.2) is 0 Å². The van der Waals surface area contributed by atoms with Crippen LogP contribution in [0, 0.1) is 5.92 Å². The fraction of sp³-hybridized carbons (Fsp3) is 0.565. The van der Waals surface area contributed by atoms with Gasteiger partial charge in [0.1, 0.15) is 5.75 Å². The van der Waals surface area contributed by atoms with Gasteiger partial charge in [0.25, 0.3) is 5.91 Å². The van der Waals surface area contributed by atoms with Crippen LogP contribution in [0.15, 0.2) is 34.9 Å². The van der Waals surface area contributed by atoms with Crippen LogP contribution in [0.5, 0.6) is 5.75 Å². The van der Waals surface area contributed by atoms with E-state index in [4.69, 9.17) is 4.74 Å². The molecular weight excluding hydrogens is 426 g/mol. The highest BCUT2D eigenvalue weighted by Gasteiger charge is 2.51. The molecule has 4 N–H and O–H groups in total.